The number of aromatic nitrogens is 2. The Kier molecular flexibility index (Phi) is 3.94. The summed E-state index contributed by atoms with van der Waals surface area (Å²) < 4.78 is 0. The molecule has 1 fully saturated rings. The van der Waals surface area contributed by atoms with E-state index in [9.17, 15) is 4.79 Å². The van der Waals surface area contributed by atoms with Gasteiger partial charge in [-0.25, -0.2) is 4.98 Å². The summed E-state index contributed by atoms with van der Waals surface area (Å²) in [4.78, 5) is 21.1. The molecule has 1 aromatic carbocycles. The van der Waals surface area contributed by atoms with Crippen LogP contribution in [0.15, 0.2) is 36.7 Å². The number of likely N-dealkylation sites (tertiary alicyclic amines) is 1. The molecule has 1 aliphatic heterocycles. The van der Waals surface area contributed by atoms with Crippen molar-refractivity contribution in [1.82, 2.24) is 20.2 Å². The number of hydrogen-bond acceptors (Lipinski definition) is 3. The van der Waals surface area contributed by atoms with Gasteiger partial charge in [0.25, 0.3) is 0 Å². The van der Waals surface area contributed by atoms with Gasteiger partial charge in [0.05, 0.1) is 12.6 Å². The Morgan fingerprint density at radius 1 is 1.43 bits per heavy atom. The van der Waals surface area contributed by atoms with Crippen molar-refractivity contribution in [3.8, 4) is 0 Å². The molecule has 1 aromatic heterocycles. The van der Waals surface area contributed by atoms with E-state index in [2.05, 4.69) is 15.3 Å². The van der Waals surface area contributed by atoms with E-state index >= 15 is 0 Å². The van der Waals surface area contributed by atoms with E-state index in [0.29, 0.717) is 18.0 Å². The molecular formula is C15H17ClN4O. The third-order valence-corrected chi connectivity index (χ3v) is 4.14. The molecule has 0 bridgehead atoms. The smallest absolute Gasteiger partial charge is 0.224 e. The number of hydrogen-bond donors (Lipinski definition) is 2. The molecule has 0 saturated carbocycles. The maximum Gasteiger partial charge on any atom is 0.224 e. The zero-order valence-corrected chi connectivity index (χ0v) is 12.5. The van der Waals surface area contributed by atoms with Gasteiger partial charge in [-0.1, -0.05) is 23.7 Å². The fourth-order valence-corrected chi connectivity index (χ4v) is 2.92. The summed E-state index contributed by atoms with van der Waals surface area (Å²) in [6.45, 7) is 0.614. The lowest BCUT2D eigenvalue weighted by Gasteiger charge is -2.26. The molecule has 110 valence electrons. The summed E-state index contributed by atoms with van der Waals surface area (Å²) in [6.07, 6.45) is 4.00. The summed E-state index contributed by atoms with van der Waals surface area (Å²) in [5, 5.41) is 4.12. The van der Waals surface area contributed by atoms with Crippen molar-refractivity contribution < 1.29 is 4.79 Å². The van der Waals surface area contributed by atoms with Crippen LogP contribution in [0.3, 0.4) is 0 Å². The Morgan fingerprint density at radius 2 is 2.19 bits per heavy atom. The molecule has 1 saturated heterocycles. The van der Waals surface area contributed by atoms with Gasteiger partial charge >= 0.3 is 0 Å². The Hall–Kier alpha value is -1.85. The summed E-state index contributed by atoms with van der Waals surface area (Å²) in [7, 11) is 1.84. The van der Waals surface area contributed by atoms with Crippen molar-refractivity contribution in [2.75, 3.05) is 7.05 Å². The fraction of sp³-hybridized carbons (Fsp3) is 0.333. The number of imidazole rings is 1. The first-order valence-corrected chi connectivity index (χ1v) is 7.25. The largest absolute Gasteiger partial charge is 0.348 e. The molecule has 1 aliphatic rings. The van der Waals surface area contributed by atoms with Gasteiger partial charge in [0.2, 0.25) is 5.91 Å². The zero-order chi connectivity index (χ0) is 14.8. The summed E-state index contributed by atoms with van der Waals surface area (Å²) >= 11 is 5.94. The minimum atomic E-state index is 0.0183. The van der Waals surface area contributed by atoms with Gasteiger partial charge < -0.3 is 15.2 Å². The van der Waals surface area contributed by atoms with Crippen LogP contribution in [-0.4, -0.2) is 33.9 Å². The molecule has 2 unspecified atom stereocenters. The number of benzene rings is 1. The molecular weight excluding hydrogens is 288 g/mol. The van der Waals surface area contributed by atoms with Crippen LogP contribution in [0.4, 0.5) is 0 Å². The Balaban J connectivity index is 1.77. The maximum absolute atomic E-state index is 12.0. The first kappa shape index (κ1) is 14.1. The van der Waals surface area contributed by atoms with Crippen molar-refractivity contribution >= 4 is 17.5 Å². The lowest BCUT2D eigenvalue weighted by molar-refractivity contribution is -0.127. The standard InChI is InChI=1S/C15H17ClN4O/c1-20-14(21)8-12(19-9-13-17-6-7-18-13)15(20)10-2-4-11(16)5-3-10/h2-7,12,15,19H,8-9H2,1H3,(H,17,18). The second-order valence-electron chi connectivity index (χ2n) is 5.23. The predicted molar refractivity (Wildman–Crippen MR) is 80.8 cm³/mol. The number of H-pyrrole nitrogens is 1. The van der Waals surface area contributed by atoms with Crippen LogP contribution in [-0.2, 0) is 11.3 Å². The lowest BCUT2D eigenvalue weighted by Crippen LogP contribution is -2.35. The van der Waals surface area contributed by atoms with Crippen molar-refractivity contribution in [2.24, 2.45) is 0 Å². The van der Waals surface area contributed by atoms with E-state index < -0.39 is 0 Å². The molecule has 3 rings (SSSR count). The topological polar surface area (TPSA) is 61.0 Å². The maximum atomic E-state index is 12.0. The van der Waals surface area contributed by atoms with Crippen molar-refractivity contribution in [3.05, 3.63) is 53.1 Å². The predicted octanol–water partition coefficient (Wildman–Crippen LogP) is 2.12. The molecule has 0 radical (unpaired) electrons. The Bertz CT molecular complexity index is 611. The van der Waals surface area contributed by atoms with Gasteiger partial charge in [-0.15, -0.1) is 0 Å². The van der Waals surface area contributed by atoms with Crippen LogP contribution < -0.4 is 5.32 Å². The highest BCUT2D eigenvalue weighted by atomic mass is 35.5. The molecule has 6 heteroatoms. The van der Waals surface area contributed by atoms with Crippen LogP contribution in [0.1, 0.15) is 23.9 Å². The summed E-state index contributed by atoms with van der Waals surface area (Å²) in [5.74, 6) is 1.01. The number of rotatable bonds is 4. The van der Waals surface area contributed by atoms with Gasteiger partial charge in [0.15, 0.2) is 0 Å². The molecule has 5 nitrogen and oxygen atoms in total. The number of amides is 1. The number of carbonyl (C=O) groups is 1. The summed E-state index contributed by atoms with van der Waals surface area (Å²) in [5.41, 5.74) is 1.09. The first-order valence-electron chi connectivity index (χ1n) is 6.88. The molecule has 21 heavy (non-hydrogen) atoms. The highest BCUT2D eigenvalue weighted by Crippen LogP contribution is 2.32. The minimum Gasteiger partial charge on any atom is -0.348 e. The molecule has 2 heterocycles. The van der Waals surface area contributed by atoms with E-state index in [0.717, 1.165) is 11.4 Å². The average Bonchev–Trinajstić information content (AvgIpc) is 3.08. The Morgan fingerprint density at radius 3 is 2.86 bits per heavy atom. The van der Waals surface area contributed by atoms with E-state index in [1.807, 2.05) is 31.3 Å². The molecule has 2 aromatic rings. The second kappa shape index (κ2) is 5.87. The van der Waals surface area contributed by atoms with Gasteiger partial charge in [0, 0.05) is 36.9 Å². The van der Waals surface area contributed by atoms with Crippen molar-refractivity contribution in [1.29, 1.82) is 0 Å². The van der Waals surface area contributed by atoms with Gasteiger partial charge in [-0.05, 0) is 17.7 Å². The van der Waals surface area contributed by atoms with E-state index in [1.165, 1.54) is 0 Å². The van der Waals surface area contributed by atoms with Gasteiger partial charge in [0.1, 0.15) is 5.82 Å². The minimum absolute atomic E-state index is 0.0183. The third kappa shape index (κ3) is 2.94. The number of halogens is 1. The highest BCUT2D eigenvalue weighted by Gasteiger charge is 2.38. The van der Waals surface area contributed by atoms with Crippen molar-refractivity contribution in [3.63, 3.8) is 0 Å². The number of nitrogens with zero attached hydrogens (tertiary/aromatic N) is 2. The van der Waals surface area contributed by atoms with Gasteiger partial charge in [-0.3, -0.25) is 4.79 Å². The number of aromatic amines is 1. The first-order chi connectivity index (χ1) is 10.1. The monoisotopic (exact) mass is 304 g/mol. The third-order valence-electron chi connectivity index (χ3n) is 3.88. The SMILES string of the molecule is CN1C(=O)CC(NCc2ncc[nH]2)C1c1ccc(Cl)cc1. The normalized spacial score (nSPS) is 22.0. The van der Waals surface area contributed by atoms with E-state index in [1.54, 1.807) is 17.3 Å². The van der Waals surface area contributed by atoms with Crippen LogP contribution in [0.25, 0.3) is 0 Å². The van der Waals surface area contributed by atoms with E-state index in [-0.39, 0.29) is 18.0 Å². The van der Waals surface area contributed by atoms with Crippen LogP contribution in [0.5, 0.6) is 0 Å². The summed E-state index contributed by atoms with van der Waals surface area (Å²) in [6, 6.07) is 7.75. The number of nitrogens with one attached hydrogen (secondary N) is 2. The lowest BCUT2D eigenvalue weighted by atomic mass is 10.0. The number of carbonyl (C=O) groups excluding carboxylic acids is 1. The fourth-order valence-electron chi connectivity index (χ4n) is 2.79. The van der Waals surface area contributed by atoms with Gasteiger partial charge in [-0.2, -0.15) is 0 Å². The van der Waals surface area contributed by atoms with Crippen LogP contribution >= 0.6 is 11.6 Å². The molecule has 1 amide bonds. The number of likely N-dealkylation sites (N-methyl/N-ethyl adjacent to an activating group) is 1. The molecule has 0 spiro atoms. The quantitative estimate of drug-likeness (QED) is 0.909. The average molecular weight is 305 g/mol. The Labute approximate surface area is 128 Å². The van der Waals surface area contributed by atoms with E-state index in [4.69, 9.17) is 11.6 Å². The van der Waals surface area contributed by atoms with Crippen LogP contribution in [0.2, 0.25) is 5.02 Å². The second-order valence-corrected chi connectivity index (χ2v) is 5.66. The van der Waals surface area contributed by atoms with Crippen molar-refractivity contribution in [2.45, 2.75) is 25.0 Å². The highest BCUT2D eigenvalue weighted by molar-refractivity contribution is 6.30. The molecule has 0 aliphatic carbocycles. The van der Waals surface area contributed by atoms with Crippen LogP contribution in [0, 0.1) is 0 Å². The molecule has 2 atom stereocenters. The zero-order valence-electron chi connectivity index (χ0n) is 11.7. The molecule has 2 N–H and O–H groups in total.